The average molecular weight is 360 g/mol. The molecule has 0 saturated carbocycles. The van der Waals surface area contributed by atoms with Crippen LogP contribution in [0, 0.1) is 0 Å². The van der Waals surface area contributed by atoms with Gasteiger partial charge in [0.25, 0.3) is 0 Å². The van der Waals surface area contributed by atoms with Crippen molar-refractivity contribution in [2.75, 3.05) is 10.2 Å². The maximum absolute atomic E-state index is 12.3. The lowest BCUT2D eigenvalue weighted by atomic mass is 10.2. The van der Waals surface area contributed by atoms with Gasteiger partial charge in [0.2, 0.25) is 6.41 Å². The molecule has 110 valence electrons. The van der Waals surface area contributed by atoms with Crippen molar-refractivity contribution in [3.63, 3.8) is 0 Å². The topological polar surface area (TPSA) is 75.4 Å². The van der Waals surface area contributed by atoms with Crippen molar-refractivity contribution in [1.82, 2.24) is 4.98 Å². The number of carbonyl (C=O) groups excluding carboxylic acids is 2. The second-order valence-corrected chi connectivity index (χ2v) is 5.34. The summed E-state index contributed by atoms with van der Waals surface area (Å²) in [6.45, 7) is 0. The van der Waals surface area contributed by atoms with E-state index in [1.165, 1.54) is 6.39 Å². The van der Waals surface area contributed by atoms with Crippen LogP contribution in [0.4, 0.5) is 16.2 Å². The van der Waals surface area contributed by atoms with Crippen LogP contribution < -0.4 is 10.2 Å². The zero-order chi connectivity index (χ0) is 15.5. The second kappa shape index (κ2) is 5.98. The van der Waals surface area contributed by atoms with E-state index in [1.54, 1.807) is 36.4 Å². The van der Waals surface area contributed by atoms with Crippen molar-refractivity contribution in [1.29, 1.82) is 0 Å². The number of urea groups is 1. The predicted octanol–water partition coefficient (Wildman–Crippen LogP) is 3.79. The molecule has 0 bridgehead atoms. The molecular weight excluding hydrogens is 350 g/mol. The molecule has 22 heavy (non-hydrogen) atoms. The summed E-state index contributed by atoms with van der Waals surface area (Å²) in [5, 5.41) is 2.66. The number of benzene rings is 2. The fraction of sp³-hybridized carbons (Fsp3) is 0. The zero-order valence-corrected chi connectivity index (χ0v) is 12.8. The van der Waals surface area contributed by atoms with Crippen LogP contribution in [0.3, 0.4) is 0 Å². The van der Waals surface area contributed by atoms with Gasteiger partial charge in [0, 0.05) is 10.2 Å². The molecule has 1 N–H and O–H groups in total. The summed E-state index contributed by atoms with van der Waals surface area (Å²) in [5.74, 6) is 0. The fourth-order valence-electron chi connectivity index (χ4n) is 1.97. The highest BCUT2D eigenvalue weighted by Gasteiger charge is 2.16. The molecule has 1 aromatic heterocycles. The number of imide groups is 1. The smallest absolute Gasteiger partial charge is 0.332 e. The molecule has 6 nitrogen and oxygen atoms in total. The van der Waals surface area contributed by atoms with Crippen molar-refractivity contribution >= 4 is 50.8 Å². The lowest BCUT2D eigenvalue weighted by Crippen LogP contribution is -2.33. The third kappa shape index (κ3) is 2.84. The van der Waals surface area contributed by atoms with Gasteiger partial charge in [0.15, 0.2) is 12.0 Å². The Bertz CT molecular complexity index is 847. The number of rotatable bonds is 3. The zero-order valence-electron chi connectivity index (χ0n) is 11.2. The Balaban J connectivity index is 1.86. The molecule has 0 aliphatic rings. The Kier molecular flexibility index (Phi) is 3.88. The van der Waals surface area contributed by atoms with E-state index < -0.39 is 6.03 Å². The number of fused-ring (bicyclic) bond motifs is 1. The van der Waals surface area contributed by atoms with Crippen LogP contribution in [0.2, 0.25) is 0 Å². The average Bonchev–Trinajstić information content (AvgIpc) is 2.95. The highest BCUT2D eigenvalue weighted by molar-refractivity contribution is 9.10. The highest BCUT2D eigenvalue weighted by atomic mass is 79.9. The number of anilines is 2. The van der Waals surface area contributed by atoms with Gasteiger partial charge in [-0.2, -0.15) is 0 Å². The molecule has 0 aliphatic heterocycles. The van der Waals surface area contributed by atoms with Crippen LogP contribution in [0.1, 0.15) is 0 Å². The summed E-state index contributed by atoms with van der Waals surface area (Å²) < 4.78 is 5.96. The van der Waals surface area contributed by atoms with Crippen molar-refractivity contribution in [2.24, 2.45) is 0 Å². The summed E-state index contributed by atoms with van der Waals surface area (Å²) in [6, 6.07) is 11.4. The van der Waals surface area contributed by atoms with Crippen molar-refractivity contribution in [2.45, 2.75) is 0 Å². The number of halogens is 1. The molecule has 3 rings (SSSR count). The molecule has 0 spiro atoms. The number of nitrogens with zero attached hydrogens (tertiary/aromatic N) is 2. The summed E-state index contributed by atoms with van der Waals surface area (Å²) in [5.41, 5.74) is 2.14. The van der Waals surface area contributed by atoms with Gasteiger partial charge in [-0.1, -0.05) is 22.0 Å². The van der Waals surface area contributed by atoms with E-state index >= 15 is 0 Å². The standard InChI is InChI=1S/C15H10BrN3O3/c16-10-2-1-3-11(6-10)18-15(21)19(9-20)12-4-5-14-13(7-12)17-8-22-14/h1-9H,(H,18,21). The second-order valence-electron chi connectivity index (χ2n) is 4.42. The first-order valence-corrected chi connectivity index (χ1v) is 7.11. The number of amides is 3. The summed E-state index contributed by atoms with van der Waals surface area (Å²) in [7, 11) is 0. The maximum atomic E-state index is 12.3. The first-order chi connectivity index (χ1) is 10.7. The Labute approximate surface area is 133 Å². The van der Waals surface area contributed by atoms with Crippen molar-refractivity contribution < 1.29 is 14.0 Å². The molecule has 0 unspecified atom stereocenters. The first kappa shape index (κ1) is 14.3. The van der Waals surface area contributed by atoms with Gasteiger partial charge in [0.1, 0.15) is 5.52 Å². The quantitative estimate of drug-likeness (QED) is 0.722. The molecule has 0 radical (unpaired) electrons. The molecule has 0 atom stereocenters. The van der Waals surface area contributed by atoms with Gasteiger partial charge >= 0.3 is 6.03 Å². The van der Waals surface area contributed by atoms with E-state index in [0.717, 1.165) is 9.37 Å². The fourth-order valence-corrected chi connectivity index (χ4v) is 2.37. The van der Waals surface area contributed by atoms with Crippen LogP contribution in [0.15, 0.2) is 57.7 Å². The van der Waals surface area contributed by atoms with Crippen LogP contribution in [-0.2, 0) is 4.79 Å². The number of carbonyl (C=O) groups is 2. The molecule has 0 aliphatic carbocycles. The Morgan fingerprint density at radius 1 is 1.27 bits per heavy atom. The van der Waals surface area contributed by atoms with Gasteiger partial charge in [-0.25, -0.2) is 14.7 Å². The number of oxazole rings is 1. The monoisotopic (exact) mass is 359 g/mol. The predicted molar refractivity (Wildman–Crippen MR) is 85.7 cm³/mol. The molecule has 0 fully saturated rings. The maximum Gasteiger partial charge on any atom is 0.332 e. The van der Waals surface area contributed by atoms with E-state index in [-0.39, 0.29) is 0 Å². The van der Waals surface area contributed by atoms with Crippen LogP contribution in [0.25, 0.3) is 11.1 Å². The Hall–Kier alpha value is -2.67. The van der Waals surface area contributed by atoms with Crippen LogP contribution in [0.5, 0.6) is 0 Å². The molecule has 7 heteroatoms. The minimum absolute atomic E-state index is 0.406. The molecule has 1 heterocycles. The lowest BCUT2D eigenvalue weighted by Gasteiger charge is -2.16. The molecular formula is C15H10BrN3O3. The summed E-state index contributed by atoms with van der Waals surface area (Å²) in [4.78, 5) is 28.5. The number of hydrogen-bond acceptors (Lipinski definition) is 4. The lowest BCUT2D eigenvalue weighted by molar-refractivity contribution is -0.106. The van der Waals surface area contributed by atoms with Gasteiger partial charge in [0.05, 0.1) is 5.69 Å². The first-order valence-electron chi connectivity index (χ1n) is 6.32. The third-order valence-electron chi connectivity index (χ3n) is 2.99. The van der Waals surface area contributed by atoms with E-state index in [9.17, 15) is 9.59 Å². The van der Waals surface area contributed by atoms with E-state index in [4.69, 9.17) is 4.42 Å². The van der Waals surface area contributed by atoms with Crippen molar-refractivity contribution in [3.05, 3.63) is 53.3 Å². The normalized spacial score (nSPS) is 10.4. The molecule has 0 saturated heterocycles. The minimum Gasteiger partial charge on any atom is -0.443 e. The van der Waals surface area contributed by atoms with Gasteiger partial charge in [-0.3, -0.25) is 4.79 Å². The number of nitrogens with one attached hydrogen (secondary N) is 1. The Morgan fingerprint density at radius 2 is 2.14 bits per heavy atom. The molecule has 3 aromatic rings. The largest absolute Gasteiger partial charge is 0.443 e. The number of aromatic nitrogens is 1. The molecule has 3 amide bonds. The summed E-state index contributed by atoms with van der Waals surface area (Å²) >= 11 is 3.32. The number of hydrogen-bond donors (Lipinski definition) is 1. The van der Waals surface area contributed by atoms with Crippen LogP contribution >= 0.6 is 15.9 Å². The Morgan fingerprint density at radius 3 is 2.91 bits per heavy atom. The van der Waals surface area contributed by atoms with Crippen LogP contribution in [-0.4, -0.2) is 17.4 Å². The van der Waals surface area contributed by atoms with Gasteiger partial charge in [-0.05, 0) is 36.4 Å². The summed E-state index contributed by atoms with van der Waals surface area (Å²) in [6.07, 6.45) is 1.76. The van der Waals surface area contributed by atoms with Crippen molar-refractivity contribution in [3.8, 4) is 0 Å². The van der Waals surface area contributed by atoms with E-state index in [2.05, 4.69) is 26.2 Å². The van der Waals surface area contributed by atoms with E-state index in [0.29, 0.717) is 28.9 Å². The van der Waals surface area contributed by atoms with Gasteiger partial charge in [-0.15, -0.1) is 0 Å². The molecule has 2 aromatic carbocycles. The highest BCUT2D eigenvalue weighted by Crippen LogP contribution is 2.22. The van der Waals surface area contributed by atoms with E-state index in [1.807, 2.05) is 6.07 Å². The SMILES string of the molecule is O=CN(C(=O)Nc1cccc(Br)c1)c1ccc2ocnc2c1. The minimum atomic E-state index is -0.559. The van der Waals surface area contributed by atoms with Gasteiger partial charge < -0.3 is 9.73 Å². The third-order valence-corrected chi connectivity index (χ3v) is 3.49.